The van der Waals surface area contributed by atoms with Gasteiger partial charge in [-0.2, -0.15) is 0 Å². The van der Waals surface area contributed by atoms with Crippen molar-refractivity contribution in [2.45, 2.75) is 252 Å². The molecule has 324 valence electrons. The second-order valence-electron chi connectivity index (χ2n) is 17.6. The molecule has 2 nitrogen and oxygen atoms in total. The molecule has 0 saturated carbocycles. The molecule has 55 heavy (non-hydrogen) atoms. The fraction of sp³-hybridized carbons (Fsp3) is 0.849. The van der Waals surface area contributed by atoms with Crippen LogP contribution >= 0.6 is 0 Å². The van der Waals surface area contributed by atoms with E-state index in [2.05, 4.69) is 100 Å². The van der Waals surface area contributed by atoms with Crippen molar-refractivity contribution in [3.05, 3.63) is 48.6 Å². The molecule has 0 aromatic heterocycles. The molecule has 0 aliphatic rings. The predicted octanol–water partition coefficient (Wildman–Crippen LogP) is 17.4. The van der Waals surface area contributed by atoms with Crippen molar-refractivity contribution in [1.82, 2.24) is 9.80 Å². The highest BCUT2D eigenvalue weighted by Crippen LogP contribution is 2.25. The summed E-state index contributed by atoms with van der Waals surface area (Å²) >= 11 is 0. The summed E-state index contributed by atoms with van der Waals surface area (Å²) in [6.07, 6.45) is 65.4. The minimum atomic E-state index is 0.794. The summed E-state index contributed by atoms with van der Waals surface area (Å²) in [5.74, 6) is 0.881. The molecule has 1 unspecified atom stereocenters. The zero-order valence-corrected chi connectivity index (χ0v) is 38.8. The van der Waals surface area contributed by atoms with Crippen molar-refractivity contribution in [1.29, 1.82) is 0 Å². The number of hydrogen-bond acceptors (Lipinski definition) is 2. The number of hydrogen-bond donors (Lipinski definition) is 0. The first-order valence-electron chi connectivity index (χ1n) is 25.1. The van der Waals surface area contributed by atoms with Crippen LogP contribution in [0, 0.1) is 5.92 Å². The van der Waals surface area contributed by atoms with E-state index in [1.54, 1.807) is 0 Å². The Kier molecular flexibility index (Phi) is 44.7. The average Bonchev–Trinajstić information content (AvgIpc) is 3.18. The lowest BCUT2D eigenvalue weighted by molar-refractivity contribution is 0.131. The fourth-order valence-corrected chi connectivity index (χ4v) is 8.09. The van der Waals surface area contributed by atoms with Crippen LogP contribution in [0.5, 0.6) is 0 Å². The standard InChI is InChI=1S/C53H102N2/c1-7-11-15-17-19-21-23-25-27-29-31-33-35-37-39-42-45-52(46-43-40-38-36-34-32-30-28-26-24-22-20-18-16-12-8-2)51-55(50-44-49-54(5)6)53(47-14-10-4)48-41-13-9-3/h19-22,25-28,52-53H,7-18,23-24,29-51H2,1-6H3/b21-19-,22-20-,27-25-,28-26-. The number of unbranched alkanes of at least 4 members (excludes halogenated alkanes) is 21. The van der Waals surface area contributed by atoms with Gasteiger partial charge in [-0.15, -0.1) is 0 Å². The van der Waals surface area contributed by atoms with Gasteiger partial charge in [0.05, 0.1) is 0 Å². The Morgan fingerprint density at radius 2 is 0.709 bits per heavy atom. The zero-order valence-electron chi connectivity index (χ0n) is 38.8. The van der Waals surface area contributed by atoms with Gasteiger partial charge in [0.25, 0.3) is 0 Å². The van der Waals surface area contributed by atoms with E-state index in [1.165, 1.54) is 225 Å². The van der Waals surface area contributed by atoms with Gasteiger partial charge in [0.1, 0.15) is 0 Å². The summed E-state index contributed by atoms with van der Waals surface area (Å²) in [7, 11) is 4.50. The van der Waals surface area contributed by atoms with Crippen LogP contribution in [-0.4, -0.2) is 49.6 Å². The van der Waals surface area contributed by atoms with E-state index in [0.29, 0.717) is 0 Å². The molecule has 0 bridgehead atoms. The van der Waals surface area contributed by atoms with E-state index in [4.69, 9.17) is 0 Å². The highest BCUT2D eigenvalue weighted by atomic mass is 15.2. The average molecular weight is 767 g/mol. The monoisotopic (exact) mass is 767 g/mol. The summed E-state index contributed by atoms with van der Waals surface area (Å²) in [6, 6.07) is 0.794. The van der Waals surface area contributed by atoms with E-state index in [9.17, 15) is 0 Å². The molecule has 2 heteroatoms. The molecule has 0 fully saturated rings. The van der Waals surface area contributed by atoms with Crippen LogP contribution in [0.25, 0.3) is 0 Å². The van der Waals surface area contributed by atoms with Crippen molar-refractivity contribution >= 4 is 0 Å². The number of allylic oxidation sites excluding steroid dienone is 8. The van der Waals surface area contributed by atoms with Gasteiger partial charge < -0.3 is 9.80 Å². The van der Waals surface area contributed by atoms with E-state index in [0.717, 1.165) is 24.8 Å². The lowest BCUT2D eigenvalue weighted by Crippen LogP contribution is -2.40. The molecule has 0 aliphatic heterocycles. The normalized spacial score (nSPS) is 13.2. The van der Waals surface area contributed by atoms with Gasteiger partial charge in [0.2, 0.25) is 0 Å². The molecule has 0 aromatic rings. The molecule has 0 saturated heterocycles. The van der Waals surface area contributed by atoms with Gasteiger partial charge in [-0.1, -0.05) is 198 Å². The van der Waals surface area contributed by atoms with Gasteiger partial charge in [-0.3, -0.25) is 0 Å². The first-order chi connectivity index (χ1) is 27.1. The second-order valence-corrected chi connectivity index (χ2v) is 17.6. The van der Waals surface area contributed by atoms with Gasteiger partial charge in [-0.25, -0.2) is 0 Å². The molecular formula is C53H102N2. The third kappa shape index (κ3) is 40.9. The number of rotatable bonds is 44. The molecule has 1 atom stereocenters. The minimum Gasteiger partial charge on any atom is -0.309 e. The molecule has 0 radical (unpaired) electrons. The van der Waals surface area contributed by atoms with Crippen molar-refractivity contribution < 1.29 is 0 Å². The summed E-state index contributed by atoms with van der Waals surface area (Å²) < 4.78 is 0. The van der Waals surface area contributed by atoms with Gasteiger partial charge in [0, 0.05) is 12.6 Å². The van der Waals surface area contributed by atoms with Crippen LogP contribution in [0.15, 0.2) is 48.6 Å². The van der Waals surface area contributed by atoms with Gasteiger partial charge in [-0.05, 0) is 129 Å². The molecule has 0 rings (SSSR count). The topological polar surface area (TPSA) is 6.48 Å². The van der Waals surface area contributed by atoms with Crippen molar-refractivity contribution in [2.75, 3.05) is 33.7 Å². The molecule has 0 heterocycles. The highest BCUT2D eigenvalue weighted by Gasteiger charge is 2.22. The van der Waals surface area contributed by atoms with E-state index < -0.39 is 0 Å². The van der Waals surface area contributed by atoms with Crippen LogP contribution in [0.4, 0.5) is 0 Å². The Morgan fingerprint density at radius 1 is 0.345 bits per heavy atom. The third-order valence-corrected chi connectivity index (χ3v) is 11.7. The van der Waals surface area contributed by atoms with E-state index >= 15 is 0 Å². The SMILES string of the molecule is CCCCC/C=C\C/C=C\CCCCCCCCC(CCCCCCCC/C=C\C/C=C\CCCCC)CN(CCCN(C)C)C(CCCC)CCCCC. The smallest absolute Gasteiger partial charge is 0.00953 e. The maximum Gasteiger partial charge on any atom is 0.00953 e. The first-order valence-corrected chi connectivity index (χ1v) is 25.1. The van der Waals surface area contributed by atoms with Crippen molar-refractivity contribution in [2.24, 2.45) is 5.92 Å². The Morgan fingerprint density at radius 3 is 1.15 bits per heavy atom. The second kappa shape index (κ2) is 45.6. The Labute approximate surface area is 348 Å². The number of nitrogens with zero attached hydrogens (tertiary/aromatic N) is 2. The van der Waals surface area contributed by atoms with Gasteiger partial charge in [0.15, 0.2) is 0 Å². The molecule has 0 amide bonds. The quantitative estimate of drug-likeness (QED) is 0.0450. The van der Waals surface area contributed by atoms with E-state index in [1.807, 2.05) is 0 Å². The van der Waals surface area contributed by atoms with Crippen molar-refractivity contribution in [3.63, 3.8) is 0 Å². The lowest BCUT2D eigenvalue weighted by Gasteiger charge is -2.35. The Bertz CT molecular complexity index is 789. The summed E-state index contributed by atoms with van der Waals surface area (Å²) in [6.45, 7) is 13.2. The zero-order chi connectivity index (χ0) is 40.1. The summed E-state index contributed by atoms with van der Waals surface area (Å²) in [5, 5.41) is 0. The summed E-state index contributed by atoms with van der Waals surface area (Å²) in [5.41, 5.74) is 0. The molecule has 0 N–H and O–H groups in total. The lowest BCUT2D eigenvalue weighted by atomic mass is 9.91. The first kappa shape index (κ1) is 53.9. The fourth-order valence-electron chi connectivity index (χ4n) is 8.09. The van der Waals surface area contributed by atoms with E-state index in [-0.39, 0.29) is 0 Å². The largest absolute Gasteiger partial charge is 0.309 e. The van der Waals surface area contributed by atoms with Crippen LogP contribution in [0.3, 0.4) is 0 Å². The summed E-state index contributed by atoms with van der Waals surface area (Å²) in [4.78, 5) is 5.41. The minimum absolute atomic E-state index is 0.794. The molecule has 0 aliphatic carbocycles. The third-order valence-electron chi connectivity index (χ3n) is 11.7. The molecule has 0 aromatic carbocycles. The van der Waals surface area contributed by atoms with Crippen molar-refractivity contribution in [3.8, 4) is 0 Å². The highest BCUT2D eigenvalue weighted by molar-refractivity contribution is 4.93. The van der Waals surface area contributed by atoms with Crippen LogP contribution in [0.2, 0.25) is 0 Å². The molecule has 0 spiro atoms. The maximum absolute atomic E-state index is 3.02. The van der Waals surface area contributed by atoms with Crippen LogP contribution in [-0.2, 0) is 0 Å². The predicted molar refractivity (Wildman–Crippen MR) is 254 cm³/mol. The Hall–Kier alpha value is -1.12. The molecular weight excluding hydrogens is 665 g/mol. The maximum atomic E-state index is 3.02. The Balaban J connectivity index is 4.83. The van der Waals surface area contributed by atoms with Gasteiger partial charge >= 0.3 is 0 Å². The van der Waals surface area contributed by atoms with Crippen LogP contribution < -0.4 is 0 Å². The van der Waals surface area contributed by atoms with Crippen LogP contribution in [0.1, 0.15) is 246 Å².